The van der Waals surface area contributed by atoms with Crippen molar-refractivity contribution in [3.8, 4) is 0 Å². The number of fused-ring (bicyclic) bond motifs is 1. The summed E-state index contributed by atoms with van der Waals surface area (Å²) >= 11 is 0. The molecule has 1 N–H and O–H groups in total. The van der Waals surface area contributed by atoms with Gasteiger partial charge in [-0.15, -0.1) is 0 Å². The zero-order valence-corrected chi connectivity index (χ0v) is 13.9. The van der Waals surface area contributed by atoms with Gasteiger partial charge in [0.1, 0.15) is 5.82 Å². The third kappa shape index (κ3) is 3.10. The monoisotopic (exact) mass is 328 g/mol. The molecule has 0 atom stereocenters. The zero-order chi connectivity index (χ0) is 17.3. The van der Waals surface area contributed by atoms with E-state index in [2.05, 4.69) is 24.1 Å². The predicted molar refractivity (Wildman–Crippen MR) is 91.0 cm³/mol. The third-order valence-electron chi connectivity index (χ3n) is 3.92. The molecule has 1 aromatic carbocycles. The van der Waals surface area contributed by atoms with E-state index in [1.807, 2.05) is 10.8 Å². The van der Waals surface area contributed by atoms with E-state index in [4.69, 9.17) is 4.42 Å². The van der Waals surface area contributed by atoms with E-state index in [0.29, 0.717) is 35.7 Å². The number of oxazole rings is 1. The molecule has 0 spiro atoms. The normalized spacial score (nSPS) is 11.3. The molecule has 0 bridgehead atoms. The van der Waals surface area contributed by atoms with Gasteiger partial charge in [-0.1, -0.05) is 13.8 Å². The standard InChI is InChI=1S/C17H20N4O3/c1-11(2)16-18-7-9-21(16)8-6-15(22)19-12-4-5-14-13(10-12)20(3)17(23)24-14/h4-5,7,9-11H,6,8H2,1-3H3,(H,19,22). The number of carbonyl (C=O) groups excluding carboxylic acids is 1. The molecule has 0 saturated heterocycles. The van der Waals surface area contributed by atoms with Crippen molar-refractivity contribution < 1.29 is 9.21 Å². The third-order valence-corrected chi connectivity index (χ3v) is 3.92. The van der Waals surface area contributed by atoms with Gasteiger partial charge in [0, 0.05) is 44.0 Å². The van der Waals surface area contributed by atoms with Crippen molar-refractivity contribution in [2.45, 2.75) is 32.7 Å². The van der Waals surface area contributed by atoms with Crippen LogP contribution in [0.25, 0.3) is 11.1 Å². The first kappa shape index (κ1) is 16.0. The molecule has 2 aromatic heterocycles. The number of benzene rings is 1. The van der Waals surface area contributed by atoms with Crippen LogP contribution in [0, 0.1) is 0 Å². The van der Waals surface area contributed by atoms with Gasteiger partial charge in [0.2, 0.25) is 5.91 Å². The average molecular weight is 328 g/mol. The second-order valence-corrected chi connectivity index (χ2v) is 6.04. The number of imidazole rings is 1. The van der Waals surface area contributed by atoms with Crippen molar-refractivity contribution in [1.29, 1.82) is 0 Å². The molecule has 0 saturated carbocycles. The van der Waals surface area contributed by atoms with Crippen molar-refractivity contribution >= 4 is 22.7 Å². The highest BCUT2D eigenvalue weighted by Gasteiger charge is 2.11. The van der Waals surface area contributed by atoms with Crippen LogP contribution in [0.15, 0.2) is 39.8 Å². The van der Waals surface area contributed by atoms with Crippen LogP contribution in [0.4, 0.5) is 5.69 Å². The van der Waals surface area contributed by atoms with Crippen LogP contribution < -0.4 is 11.1 Å². The Labute approximate surface area is 138 Å². The fourth-order valence-corrected chi connectivity index (χ4v) is 2.66. The van der Waals surface area contributed by atoms with Crippen LogP contribution in [-0.4, -0.2) is 20.0 Å². The zero-order valence-electron chi connectivity index (χ0n) is 13.9. The molecule has 7 heteroatoms. The van der Waals surface area contributed by atoms with E-state index < -0.39 is 5.76 Å². The Bertz CT molecular complexity index is 933. The maximum atomic E-state index is 12.2. The summed E-state index contributed by atoms with van der Waals surface area (Å²) in [6, 6.07) is 5.13. The van der Waals surface area contributed by atoms with Crippen LogP contribution in [0.2, 0.25) is 0 Å². The molecule has 24 heavy (non-hydrogen) atoms. The van der Waals surface area contributed by atoms with E-state index in [-0.39, 0.29) is 5.91 Å². The summed E-state index contributed by atoms with van der Waals surface area (Å²) in [5.74, 6) is 0.770. The Morgan fingerprint density at radius 3 is 2.92 bits per heavy atom. The Morgan fingerprint density at radius 2 is 2.17 bits per heavy atom. The molecular formula is C17H20N4O3. The highest BCUT2D eigenvalue weighted by Crippen LogP contribution is 2.18. The van der Waals surface area contributed by atoms with Gasteiger partial charge in [0.05, 0.1) is 5.52 Å². The van der Waals surface area contributed by atoms with Crippen molar-refractivity contribution in [1.82, 2.24) is 14.1 Å². The Hall–Kier alpha value is -2.83. The largest absolute Gasteiger partial charge is 0.419 e. The highest BCUT2D eigenvalue weighted by atomic mass is 16.4. The summed E-state index contributed by atoms with van der Waals surface area (Å²) in [5.41, 5.74) is 1.79. The number of aryl methyl sites for hydroxylation is 2. The number of nitrogens with zero attached hydrogens (tertiary/aromatic N) is 3. The maximum Gasteiger partial charge on any atom is 0.419 e. The number of carbonyl (C=O) groups is 1. The fourth-order valence-electron chi connectivity index (χ4n) is 2.66. The molecule has 3 rings (SSSR count). The van der Waals surface area contributed by atoms with Gasteiger partial charge in [-0.2, -0.15) is 0 Å². The van der Waals surface area contributed by atoms with Gasteiger partial charge >= 0.3 is 5.76 Å². The van der Waals surface area contributed by atoms with E-state index >= 15 is 0 Å². The Morgan fingerprint density at radius 1 is 1.38 bits per heavy atom. The summed E-state index contributed by atoms with van der Waals surface area (Å²) < 4.78 is 8.48. The summed E-state index contributed by atoms with van der Waals surface area (Å²) in [6.07, 6.45) is 3.98. The molecular weight excluding hydrogens is 308 g/mol. The lowest BCUT2D eigenvalue weighted by atomic mass is 10.2. The Balaban J connectivity index is 1.67. The maximum absolute atomic E-state index is 12.2. The smallest absolute Gasteiger partial charge is 0.408 e. The van der Waals surface area contributed by atoms with Gasteiger partial charge in [-0.05, 0) is 18.2 Å². The number of rotatable bonds is 5. The van der Waals surface area contributed by atoms with Crippen molar-refractivity contribution in [2.24, 2.45) is 7.05 Å². The number of hydrogen-bond acceptors (Lipinski definition) is 4. The first-order valence-electron chi connectivity index (χ1n) is 7.86. The van der Waals surface area contributed by atoms with Crippen LogP contribution in [0.1, 0.15) is 32.0 Å². The molecule has 0 unspecified atom stereocenters. The van der Waals surface area contributed by atoms with Crippen molar-refractivity contribution in [2.75, 3.05) is 5.32 Å². The fraction of sp³-hybridized carbons (Fsp3) is 0.353. The van der Waals surface area contributed by atoms with E-state index in [1.54, 1.807) is 31.4 Å². The SMILES string of the molecule is CC(C)c1nccn1CCC(=O)Nc1ccc2oc(=O)n(C)c2c1. The molecule has 1 amide bonds. The van der Waals surface area contributed by atoms with Crippen LogP contribution in [-0.2, 0) is 18.4 Å². The van der Waals surface area contributed by atoms with Crippen LogP contribution in [0.3, 0.4) is 0 Å². The molecule has 2 heterocycles. The molecule has 0 aliphatic carbocycles. The molecule has 126 valence electrons. The quantitative estimate of drug-likeness (QED) is 0.780. The highest BCUT2D eigenvalue weighted by molar-refractivity contribution is 5.92. The number of anilines is 1. The minimum Gasteiger partial charge on any atom is -0.408 e. The summed E-state index contributed by atoms with van der Waals surface area (Å²) in [7, 11) is 1.63. The molecule has 0 aliphatic rings. The minimum absolute atomic E-state index is 0.0914. The molecule has 7 nitrogen and oxygen atoms in total. The second kappa shape index (κ2) is 6.35. The van der Waals surface area contributed by atoms with Gasteiger partial charge < -0.3 is 14.3 Å². The second-order valence-electron chi connectivity index (χ2n) is 6.04. The topological polar surface area (TPSA) is 82.1 Å². The lowest BCUT2D eigenvalue weighted by molar-refractivity contribution is -0.116. The van der Waals surface area contributed by atoms with Gasteiger partial charge in [-0.3, -0.25) is 9.36 Å². The minimum atomic E-state index is -0.421. The van der Waals surface area contributed by atoms with Crippen molar-refractivity contribution in [3.05, 3.63) is 47.0 Å². The molecule has 3 aromatic rings. The number of amides is 1. The summed E-state index contributed by atoms with van der Waals surface area (Å²) in [6.45, 7) is 4.72. The first-order valence-corrected chi connectivity index (χ1v) is 7.86. The average Bonchev–Trinajstić information content (AvgIpc) is 3.12. The van der Waals surface area contributed by atoms with E-state index in [9.17, 15) is 9.59 Å². The summed E-state index contributed by atoms with van der Waals surface area (Å²) in [4.78, 5) is 28.0. The molecule has 0 aliphatic heterocycles. The Kier molecular flexibility index (Phi) is 4.24. The lowest BCUT2D eigenvalue weighted by Crippen LogP contribution is -2.15. The van der Waals surface area contributed by atoms with E-state index in [0.717, 1.165) is 5.82 Å². The van der Waals surface area contributed by atoms with Gasteiger partial charge in [-0.25, -0.2) is 9.78 Å². The van der Waals surface area contributed by atoms with Gasteiger partial charge in [0.25, 0.3) is 0 Å². The van der Waals surface area contributed by atoms with Crippen LogP contribution in [0.5, 0.6) is 0 Å². The predicted octanol–water partition coefficient (Wildman–Crippen LogP) is 2.48. The van der Waals surface area contributed by atoms with Crippen LogP contribution >= 0.6 is 0 Å². The first-order chi connectivity index (χ1) is 11.5. The molecule has 0 radical (unpaired) electrons. The van der Waals surface area contributed by atoms with E-state index in [1.165, 1.54) is 4.57 Å². The lowest BCUT2D eigenvalue weighted by Gasteiger charge is -2.10. The number of hydrogen-bond donors (Lipinski definition) is 1. The number of nitrogens with one attached hydrogen (secondary N) is 1. The van der Waals surface area contributed by atoms with Gasteiger partial charge in [0.15, 0.2) is 5.58 Å². The van der Waals surface area contributed by atoms with Crippen molar-refractivity contribution in [3.63, 3.8) is 0 Å². The molecule has 0 fully saturated rings. The number of aromatic nitrogens is 3. The summed E-state index contributed by atoms with van der Waals surface area (Å²) in [5, 5.41) is 2.85.